The number of carboxylic acid groups (broad SMARTS) is 3. The lowest BCUT2D eigenvalue weighted by molar-refractivity contribution is -0.168. The molecule has 0 amide bonds. The second-order valence-corrected chi connectivity index (χ2v) is 3.71. The lowest BCUT2D eigenvalue weighted by atomic mass is 10.3. The molecule has 0 rings (SSSR count). The van der Waals surface area contributed by atoms with Gasteiger partial charge in [0.05, 0.1) is 0 Å². The zero-order valence-electron chi connectivity index (χ0n) is 14.5. The van der Waals surface area contributed by atoms with Crippen molar-refractivity contribution in [1.29, 1.82) is 0 Å². The molecule has 0 saturated carbocycles. The molecular weight excluding hydrogens is 548 g/mol. The molecule has 0 radical (unpaired) electrons. The minimum atomic E-state index is -1.34. The summed E-state index contributed by atoms with van der Waals surface area (Å²) in [6.45, 7) is -0.226. The minimum absolute atomic E-state index is 0. The van der Waals surface area contributed by atoms with Gasteiger partial charge in [0, 0.05) is 7.11 Å². The van der Waals surface area contributed by atoms with Crippen LogP contribution in [0.5, 0.6) is 0 Å². The molecule has 0 atom stereocenters. The zero-order valence-corrected chi connectivity index (χ0v) is 14.5. The van der Waals surface area contributed by atoms with Gasteiger partial charge < -0.3 is 40.1 Å². The molecule has 0 unspecified atom stereocenters. The van der Waals surface area contributed by atoms with Crippen LogP contribution in [-0.2, 0) is 38.2 Å². The lowest BCUT2D eigenvalue weighted by Crippen LogP contribution is -2.16. The second-order valence-electron chi connectivity index (χ2n) is 3.71. The number of ketones is 1. The average Bonchev–Trinajstić information content (AvgIpc) is 2.47. The Bertz CT molecular complexity index is 441. The highest BCUT2D eigenvalue weighted by Gasteiger charge is 2.11. The summed E-state index contributed by atoms with van der Waals surface area (Å²) in [6.07, 6.45) is -2.01. The number of esters is 2. The molecule has 0 spiro atoms. The minimum Gasteiger partial charge on any atom is -0.481 e. The number of aliphatic hydroxyl groups excluding tert-OH is 2. The third kappa shape index (κ3) is 202. The van der Waals surface area contributed by atoms with Crippen molar-refractivity contribution in [3.8, 4) is 0 Å². The molecule has 0 aliphatic rings. The summed E-state index contributed by atoms with van der Waals surface area (Å²) < 4.78 is 8.54. The lowest BCUT2D eigenvalue weighted by Gasteiger charge is -2.03. The number of ether oxygens (including phenoxy) is 2. The van der Waals surface area contributed by atoms with Crippen molar-refractivity contribution in [1.82, 2.24) is 0 Å². The largest absolute Gasteiger partial charge is 0.481 e. The van der Waals surface area contributed by atoms with E-state index in [2.05, 4.69) is 9.47 Å². The van der Waals surface area contributed by atoms with Crippen molar-refractivity contribution in [3.05, 3.63) is 0 Å². The van der Waals surface area contributed by atoms with Gasteiger partial charge >= 0.3 is 29.8 Å². The second kappa shape index (κ2) is 99.2. The van der Waals surface area contributed by atoms with Gasteiger partial charge in [0.25, 0.3) is 0 Å². The van der Waals surface area contributed by atoms with Gasteiger partial charge in [-0.05, 0) is 6.92 Å². The molecule has 0 aliphatic heterocycles. The zero-order chi connectivity index (χ0) is 22.4. The number of aliphatic hydroxyl groups is 3. The highest BCUT2D eigenvalue weighted by molar-refractivity contribution is 5.94. The maximum atomic E-state index is 10.7. The van der Waals surface area contributed by atoms with E-state index in [9.17, 15) is 28.8 Å². The molecule has 0 aromatic heterocycles. The Morgan fingerprint density at radius 1 is 0.463 bits per heavy atom. The molecule has 6 N–H and O–H groups in total. The van der Waals surface area contributed by atoms with Gasteiger partial charge in [-0.2, -0.15) is 0 Å². The Balaban J connectivity index is -0.0000000114. The number of hydrogen-bond donors (Lipinski definition) is 6. The van der Waals surface area contributed by atoms with Crippen LogP contribution < -0.4 is 0 Å². The first kappa shape index (κ1) is 130. The molecule has 0 bridgehead atoms. The van der Waals surface area contributed by atoms with Gasteiger partial charge in [0.1, 0.15) is 31.8 Å². The van der Waals surface area contributed by atoms with E-state index in [0.29, 0.717) is 0 Å². The third-order valence-electron chi connectivity index (χ3n) is 1.43. The molecule has 41 heavy (non-hydrogen) atoms. The van der Waals surface area contributed by atoms with E-state index in [1.807, 2.05) is 0 Å². The van der Waals surface area contributed by atoms with E-state index in [1.165, 1.54) is 6.92 Å². The van der Waals surface area contributed by atoms with E-state index in [4.69, 9.17) is 30.6 Å². The Morgan fingerprint density at radius 2 is 0.659 bits per heavy atom. The summed E-state index contributed by atoms with van der Waals surface area (Å²) in [6, 6.07) is 0. The summed E-state index contributed by atoms with van der Waals surface area (Å²) in [5, 5.41) is 44.8. The summed E-state index contributed by atoms with van der Waals surface area (Å²) in [4.78, 5) is 60.6. The van der Waals surface area contributed by atoms with Crippen LogP contribution in [0, 0.1) is 0 Å². The van der Waals surface area contributed by atoms with Gasteiger partial charge in [-0.1, -0.05) is 104 Å². The van der Waals surface area contributed by atoms with E-state index in [-0.39, 0.29) is 110 Å². The smallest absolute Gasteiger partial charge is 0.320 e. The van der Waals surface area contributed by atoms with Gasteiger partial charge in [0.2, 0.25) is 6.79 Å². The Kier molecular flexibility index (Phi) is 315. The van der Waals surface area contributed by atoms with Gasteiger partial charge in [-0.3, -0.25) is 28.8 Å². The molecule has 0 aromatic rings. The number of rotatable bonds is 8. The van der Waals surface area contributed by atoms with Crippen LogP contribution in [0.2, 0.25) is 0 Å². The van der Waals surface area contributed by atoms with Gasteiger partial charge in [-0.25, -0.2) is 0 Å². The van der Waals surface area contributed by atoms with Crippen LogP contribution in [-0.4, -0.2) is 87.0 Å². The van der Waals surface area contributed by atoms with Crippen molar-refractivity contribution in [3.63, 3.8) is 0 Å². The molecule has 0 aromatic carbocycles. The quantitative estimate of drug-likeness (QED) is 0.0960. The van der Waals surface area contributed by atoms with Crippen LogP contribution in [0.4, 0.5) is 0 Å². The van der Waals surface area contributed by atoms with Crippen molar-refractivity contribution in [2.45, 2.75) is 130 Å². The SMILES string of the molecule is C.C.C.C.C.C.C.C.C.C.C.C.C.C.CC(=O)CC(=O)OCOC(=O)CC(=O)O.CO.O=C(O)CC(=O)O.OCO. The summed E-state index contributed by atoms with van der Waals surface area (Å²) in [5.74, 6) is -6.18. The maximum absolute atomic E-state index is 10.7. The van der Waals surface area contributed by atoms with Crippen molar-refractivity contribution in [2.75, 3.05) is 20.7 Å². The number of carboxylic acids is 3. The van der Waals surface area contributed by atoms with E-state index in [1.54, 1.807) is 0 Å². The number of hydrogen-bond acceptors (Lipinski definition) is 11. The van der Waals surface area contributed by atoms with Crippen molar-refractivity contribution in [2.24, 2.45) is 0 Å². The van der Waals surface area contributed by atoms with Crippen LogP contribution in [0.25, 0.3) is 0 Å². The van der Waals surface area contributed by atoms with Crippen molar-refractivity contribution >= 4 is 35.6 Å². The Hall–Kier alpha value is -3.10. The third-order valence-corrected chi connectivity index (χ3v) is 1.43. The summed E-state index contributed by atoms with van der Waals surface area (Å²) in [5.41, 5.74) is 0. The number of aliphatic carboxylic acids is 3. The number of Topliss-reactive ketones (excluding diaryl/α,β-unsaturated/α-hetero) is 1. The molecule has 0 fully saturated rings. The van der Waals surface area contributed by atoms with Crippen LogP contribution in [0.3, 0.4) is 0 Å². The predicted molar refractivity (Wildman–Crippen MR) is 176 cm³/mol. The molecular formula is C27H78O14. The Labute approximate surface area is 255 Å². The van der Waals surface area contributed by atoms with Gasteiger partial charge in [0.15, 0.2) is 0 Å². The molecule has 270 valence electrons. The fraction of sp³-hybridized carbons (Fsp3) is 0.778. The predicted octanol–water partition coefficient (Wildman–Crippen LogP) is 6.47. The number of carbonyl (C=O) groups excluding carboxylic acids is 3. The molecule has 0 aliphatic carbocycles. The molecule has 14 heteroatoms. The molecule has 14 nitrogen and oxygen atoms in total. The monoisotopic (exact) mass is 627 g/mol. The summed E-state index contributed by atoms with van der Waals surface area (Å²) in [7, 11) is 1.00. The topological polar surface area (TPSA) is 242 Å². The first-order chi connectivity index (χ1) is 12.5. The van der Waals surface area contributed by atoms with Crippen LogP contribution >= 0.6 is 0 Å². The summed E-state index contributed by atoms with van der Waals surface area (Å²) >= 11 is 0. The number of carbonyl (C=O) groups is 6. The van der Waals surface area contributed by atoms with E-state index >= 15 is 0 Å². The first-order valence-electron chi connectivity index (χ1n) is 6.58. The van der Waals surface area contributed by atoms with Crippen LogP contribution in [0.1, 0.15) is 130 Å². The first-order valence-corrected chi connectivity index (χ1v) is 6.58. The fourth-order valence-electron chi connectivity index (χ4n) is 0.719. The highest BCUT2D eigenvalue weighted by atomic mass is 16.7. The average molecular weight is 627 g/mol. The van der Waals surface area contributed by atoms with E-state index < -0.39 is 62.7 Å². The van der Waals surface area contributed by atoms with Crippen molar-refractivity contribution < 1.29 is 68.9 Å². The maximum Gasteiger partial charge on any atom is 0.320 e. The molecule has 0 heterocycles. The standard InChI is InChI=1S/C8H10O7.C3H4O4.CH4O2.CH4O.14CH4/c1-5(9)2-7(12)14-4-15-8(13)3-6(10)11;4-2(5)1-3(6)7;2-1-3;1-2;;;;;;;;;;;;;;/h2-4H2,1H3,(H,10,11);1H2,(H,4,5)(H,6,7);2-3H,1H2;2H,1H3;14*1H4. The highest BCUT2D eigenvalue weighted by Crippen LogP contribution is 1.91. The van der Waals surface area contributed by atoms with Gasteiger partial charge in [-0.15, -0.1) is 0 Å². The molecule has 0 saturated heterocycles. The van der Waals surface area contributed by atoms with Crippen LogP contribution in [0.15, 0.2) is 0 Å². The fourth-order valence-corrected chi connectivity index (χ4v) is 0.719. The Morgan fingerprint density at radius 3 is 0.805 bits per heavy atom. The normalized spacial score (nSPS) is 5.29. The van der Waals surface area contributed by atoms with E-state index in [0.717, 1.165) is 7.11 Å².